The zero-order chi connectivity index (χ0) is 14.6. The van der Waals surface area contributed by atoms with Gasteiger partial charge in [-0.15, -0.1) is 0 Å². The van der Waals surface area contributed by atoms with Gasteiger partial charge in [-0.2, -0.15) is 5.10 Å². The minimum absolute atomic E-state index is 0.0419. The van der Waals surface area contributed by atoms with Crippen LogP contribution in [0.1, 0.15) is 18.8 Å². The van der Waals surface area contributed by atoms with Crippen molar-refractivity contribution < 1.29 is 5.11 Å². The van der Waals surface area contributed by atoms with Crippen LogP contribution in [0.5, 0.6) is 0 Å². The molecule has 7 heteroatoms. The van der Waals surface area contributed by atoms with Gasteiger partial charge in [-0.05, 0) is 19.1 Å². The van der Waals surface area contributed by atoms with E-state index in [-0.39, 0.29) is 17.7 Å². The molecular formula is C14H15N5O2. The first-order valence-corrected chi connectivity index (χ1v) is 6.92. The molecule has 7 nitrogen and oxygen atoms in total. The first-order chi connectivity index (χ1) is 10.1. The average molecular weight is 285 g/mol. The topological polar surface area (TPSA) is 87.0 Å². The van der Waals surface area contributed by atoms with Crippen LogP contribution >= 0.6 is 0 Å². The summed E-state index contributed by atoms with van der Waals surface area (Å²) in [6.07, 6.45) is 7.02. The van der Waals surface area contributed by atoms with Gasteiger partial charge in [0, 0.05) is 13.1 Å². The Morgan fingerprint density at radius 3 is 2.86 bits per heavy atom. The molecule has 0 spiro atoms. The van der Waals surface area contributed by atoms with Gasteiger partial charge in [0.05, 0.1) is 24.0 Å². The lowest BCUT2D eigenvalue weighted by molar-refractivity contribution is -0.0230. The Bertz CT molecular complexity index is 825. The van der Waals surface area contributed by atoms with E-state index >= 15 is 0 Å². The number of β-amino-alcohol motifs (C(OH)–C–C–N with tert-alkyl or cyclic N) is 1. The van der Waals surface area contributed by atoms with Crippen molar-refractivity contribution >= 4 is 16.7 Å². The second-order valence-electron chi connectivity index (χ2n) is 5.48. The molecule has 0 bridgehead atoms. The summed E-state index contributed by atoms with van der Waals surface area (Å²) >= 11 is 0. The lowest BCUT2D eigenvalue weighted by Gasteiger charge is -2.39. The quantitative estimate of drug-likeness (QED) is 0.845. The molecule has 2 N–H and O–H groups in total. The highest BCUT2D eigenvalue weighted by Crippen LogP contribution is 2.24. The molecule has 4 rings (SSSR count). The summed E-state index contributed by atoms with van der Waals surface area (Å²) in [6, 6.07) is -0.0419. The van der Waals surface area contributed by atoms with Crippen LogP contribution < -0.4 is 5.56 Å². The summed E-state index contributed by atoms with van der Waals surface area (Å²) in [5.74, 6) is 0.602. The third kappa shape index (κ3) is 1.85. The van der Waals surface area contributed by atoms with E-state index in [4.69, 9.17) is 0 Å². The molecule has 108 valence electrons. The number of aliphatic hydroxyl groups excluding tert-OH is 1. The summed E-state index contributed by atoms with van der Waals surface area (Å²) in [4.78, 5) is 21.6. The molecule has 0 aromatic carbocycles. The van der Waals surface area contributed by atoms with Crippen LogP contribution in [0.4, 0.5) is 0 Å². The summed E-state index contributed by atoms with van der Waals surface area (Å²) in [6.45, 7) is 3.19. The van der Waals surface area contributed by atoms with E-state index in [2.05, 4.69) is 20.0 Å². The lowest BCUT2D eigenvalue weighted by Crippen LogP contribution is -2.51. The number of likely N-dealkylation sites (tertiary alicyclic amines) is 1. The van der Waals surface area contributed by atoms with Gasteiger partial charge in [-0.25, -0.2) is 9.67 Å². The summed E-state index contributed by atoms with van der Waals surface area (Å²) in [7, 11) is 0. The molecule has 0 amide bonds. The van der Waals surface area contributed by atoms with Crippen molar-refractivity contribution in [2.24, 2.45) is 0 Å². The highest BCUT2D eigenvalue weighted by molar-refractivity contribution is 5.80. The van der Waals surface area contributed by atoms with Gasteiger partial charge >= 0.3 is 0 Å². The van der Waals surface area contributed by atoms with Crippen molar-refractivity contribution in [3.05, 3.63) is 40.6 Å². The van der Waals surface area contributed by atoms with Crippen molar-refractivity contribution in [2.45, 2.75) is 19.1 Å². The monoisotopic (exact) mass is 285 g/mol. The molecule has 1 aliphatic heterocycles. The number of allylic oxidation sites excluding steroid dienone is 4. The van der Waals surface area contributed by atoms with E-state index in [1.165, 1.54) is 6.20 Å². The first-order valence-electron chi connectivity index (χ1n) is 6.92. The summed E-state index contributed by atoms with van der Waals surface area (Å²) < 4.78 is 1.67. The zero-order valence-corrected chi connectivity index (χ0v) is 11.5. The van der Waals surface area contributed by atoms with E-state index in [1.807, 2.05) is 25.2 Å². The molecule has 0 unspecified atom stereocenters. The Labute approximate surface area is 120 Å². The van der Waals surface area contributed by atoms with Crippen LogP contribution in [-0.2, 0) is 0 Å². The largest absolute Gasteiger partial charge is 0.390 e. The zero-order valence-electron chi connectivity index (χ0n) is 11.5. The van der Waals surface area contributed by atoms with E-state index in [1.54, 1.807) is 4.68 Å². The van der Waals surface area contributed by atoms with Gasteiger partial charge < -0.3 is 10.1 Å². The van der Waals surface area contributed by atoms with Crippen LogP contribution in [-0.4, -0.2) is 48.9 Å². The number of aromatic nitrogens is 4. The van der Waals surface area contributed by atoms with Gasteiger partial charge in [0.1, 0.15) is 11.2 Å². The predicted molar refractivity (Wildman–Crippen MR) is 77.6 cm³/mol. The number of H-pyrrole nitrogens is 1. The molecule has 2 aromatic heterocycles. The Kier molecular flexibility index (Phi) is 2.60. The van der Waals surface area contributed by atoms with E-state index < -0.39 is 0 Å². The molecule has 1 atom stereocenters. The normalized spacial score (nSPS) is 20.2. The predicted octanol–water partition coefficient (Wildman–Crippen LogP) is 0.268. The second kappa shape index (κ2) is 4.37. The fourth-order valence-electron chi connectivity index (χ4n) is 2.62. The SMILES string of the molecule is C[C@H](c1nc2c(cnn2C2=CC=C2)c(=O)[nH]1)N1CC(O)C1. The highest BCUT2D eigenvalue weighted by atomic mass is 16.3. The molecule has 1 saturated heterocycles. The van der Waals surface area contributed by atoms with Gasteiger partial charge in [0.25, 0.3) is 5.56 Å². The Morgan fingerprint density at radius 1 is 1.48 bits per heavy atom. The minimum Gasteiger partial charge on any atom is -0.390 e. The standard InChI is InChI=1S/C14H15N5O2/c1-8(18-6-10(20)7-18)12-16-13-11(14(21)17-12)5-15-19(13)9-3-2-4-9/h2-5,8,10,20H,6-7H2,1H3,(H,16,17,21)/t8-/m1/s1. The fourth-order valence-corrected chi connectivity index (χ4v) is 2.62. The number of aliphatic hydroxyl groups is 1. The number of rotatable bonds is 3. The van der Waals surface area contributed by atoms with Gasteiger partial charge in [0.15, 0.2) is 5.65 Å². The molecule has 1 fully saturated rings. The van der Waals surface area contributed by atoms with Crippen LogP contribution in [0, 0.1) is 0 Å². The molecule has 3 heterocycles. The first kappa shape index (κ1) is 12.5. The number of aromatic amines is 1. The average Bonchev–Trinajstić information content (AvgIpc) is 2.77. The smallest absolute Gasteiger partial charge is 0.262 e. The lowest BCUT2D eigenvalue weighted by atomic mass is 10.1. The minimum atomic E-state index is -0.279. The number of hydrogen-bond acceptors (Lipinski definition) is 5. The Hall–Kier alpha value is -2.25. The molecule has 1 aliphatic carbocycles. The van der Waals surface area contributed by atoms with E-state index in [0.717, 1.165) is 5.70 Å². The van der Waals surface area contributed by atoms with Crippen LogP contribution in [0.15, 0.2) is 29.2 Å². The Morgan fingerprint density at radius 2 is 2.24 bits per heavy atom. The van der Waals surface area contributed by atoms with E-state index in [0.29, 0.717) is 29.9 Å². The van der Waals surface area contributed by atoms with Crippen molar-refractivity contribution in [1.29, 1.82) is 0 Å². The number of nitrogens with one attached hydrogen (secondary N) is 1. The van der Waals surface area contributed by atoms with Crippen LogP contribution in [0.25, 0.3) is 16.7 Å². The molecule has 2 aliphatic rings. The second-order valence-corrected chi connectivity index (χ2v) is 5.48. The maximum Gasteiger partial charge on any atom is 0.262 e. The van der Waals surface area contributed by atoms with E-state index in [9.17, 15) is 9.90 Å². The van der Waals surface area contributed by atoms with Crippen LogP contribution in [0.2, 0.25) is 0 Å². The van der Waals surface area contributed by atoms with Gasteiger partial charge in [0.2, 0.25) is 0 Å². The highest BCUT2D eigenvalue weighted by Gasteiger charge is 2.30. The summed E-state index contributed by atoms with van der Waals surface area (Å²) in [5, 5.41) is 14.1. The van der Waals surface area contributed by atoms with Crippen molar-refractivity contribution in [3.63, 3.8) is 0 Å². The van der Waals surface area contributed by atoms with Crippen molar-refractivity contribution in [1.82, 2.24) is 24.6 Å². The van der Waals surface area contributed by atoms with Gasteiger partial charge in [-0.1, -0.05) is 6.08 Å². The third-order valence-corrected chi connectivity index (χ3v) is 4.07. The van der Waals surface area contributed by atoms with Gasteiger partial charge in [-0.3, -0.25) is 9.69 Å². The number of nitrogens with zero attached hydrogens (tertiary/aromatic N) is 4. The Balaban J connectivity index is 1.78. The third-order valence-electron chi connectivity index (χ3n) is 4.07. The van der Waals surface area contributed by atoms with Crippen molar-refractivity contribution in [3.8, 4) is 0 Å². The molecule has 0 saturated carbocycles. The van der Waals surface area contributed by atoms with Crippen LogP contribution in [0.3, 0.4) is 0 Å². The maximum atomic E-state index is 12.2. The molecular weight excluding hydrogens is 270 g/mol. The number of hydrogen-bond donors (Lipinski definition) is 2. The van der Waals surface area contributed by atoms with Crippen molar-refractivity contribution in [2.75, 3.05) is 13.1 Å². The fraction of sp³-hybridized carbons (Fsp3) is 0.357. The maximum absolute atomic E-state index is 12.2. The molecule has 21 heavy (non-hydrogen) atoms. The summed E-state index contributed by atoms with van der Waals surface area (Å²) in [5.41, 5.74) is 1.30. The molecule has 0 radical (unpaired) electrons. The number of fused-ring (bicyclic) bond motifs is 1. The molecule has 2 aromatic rings.